The van der Waals surface area contributed by atoms with Gasteiger partial charge < -0.3 is 15.5 Å². The second-order valence-electron chi connectivity index (χ2n) is 6.89. The van der Waals surface area contributed by atoms with Gasteiger partial charge in [-0.2, -0.15) is 0 Å². The average molecular weight is 480 g/mol. The number of hydrogen-bond acceptors (Lipinski definition) is 4. The normalized spacial score (nSPS) is 23.9. The van der Waals surface area contributed by atoms with Gasteiger partial charge in [0.2, 0.25) is 11.9 Å². The van der Waals surface area contributed by atoms with E-state index < -0.39 is 5.92 Å². The highest BCUT2D eigenvalue weighted by atomic mass is 127. The van der Waals surface area contributed by atoms with E-state index in [0.29, 0.717) is 18.9 Å². The summed E-state index contributed by atoms with van der Waals surface area (Å²) in [6, 6.07) is 1.79. The predicted octanol–water partition coefficient (Wildman–Crippen LogP) is 2.75. The van der Waals surface area contributed by atoms with Gasteiger partial charge in [-0.25, -0.2) is 18.7 Å². The summed E-state index contributed by atoms with van der Waals surface area (Å²) in [5, 5.41) is 0. The van der Waals surface area contributed by atoms with Crippen LogP contribution in [0.15, 0.2) is 23.5 Å². The van der Waals surface area contributed by atoms with Gasteiger partial charge in [-0.3, -0.25) is 4.99 Å². The predicted molar refractivity (Wildman–Crippen MR) is 109 cm³/mol. The van der Waals surface area contributed by atoms with Gasteiger partial charge in [0.1, 0.15) is 0 Å². The molecule has 0 aromatic carbocycles. The van der Waals surface area contributed by atoms with E-state index in [1.54, 1.807) is 18.5 Å². The molecule has 2 heterocycles. The number of hydrogen-bond donors (Lipinski definition) is 1. The quantitative estimate of drug-likeness (QED) is 0.312. The average Bonchev–Trinajstić information content (AvgIpc) is 2.80. The lowest BCUT2D eigenvalue weighted by atomic mass is 9.99. The molecule has 1 saturated carbocycles. The first kappa shape index (κ1) is 21.0. The van der Waals surface area contributed by atoms with Crippen molar-refractivity contribution in [3.63, 3.8) is 0 Å². The van der Waals surface area contributed by atoms with Crippen molar-refractivity contribution in [3.8, 4) is 0 Å². The molecule has 3 rings (SSSR count). The third-order valence-electron chi connectivity index (χ3n) is 4.94. The lowest BCUT2D eigenvalue weighted by Crippen LogP contribution is -2.51. The Labute approximate surface area is 170 Å². The van der Waals surface area contributed by atoms with E-state index in [0.717, 1.165) is 45.0 Å². The van der Waals surface area contributed by atoms with Crippen molar-refractivity contribution >= 4 is 35.9 Å². The van der Waals surface area contributed by atoms with Crippen LogP contribution in [0.2, 0.25) is 0 Å². The zero-order chi connectivity index (χ0) is 17.7. The fourth-order valence-electron chi connectivity index (χ4n) is 3.51. The summed E-state index contributed by atoms with van der Waals surface area (Å²) in [6.07, 6.45) is 5.67. The highest BCUT2D eigenvalue weighted by Gasteiger charge is 2.34. The molecule has 1 atom stereocenters. The van der Waals surface area contributed by atoms with Crippen molar-refractivity contribution in [1.29, 1.82) is 0 Å². The maximum Gasteiger partial charge on any atom is 0.248 e. The molecule has 2 N–H and O–H groups in total. The minimum absolute atomic E-state index is 0. The molecule has 0 amide bonds. The van der Waals surface area contributed by atoms with Crippen LogP contribution in [-0.2, 0) is 0 Å². The molecule has 26 heavy (non-hydrogen) atoms. The summed E-state index contributed by atoms with van der Waals surface area (Å²) in [4.78, 5) is 17.0. The first-order chi connectivity index (χ1) is 12.0. The highest BCUT2D eigenvalue weighted by Crippen LogP contribution is 2.35. The molecule has 6 nitrogen and oxygen atoms in total. The van der Waals surface area contributed by atoms with Crippen LogP contribution in [0.25, 0.3) is 0 Å². The van der Waals surface area contributed by atoms with E-state index in [1.165, 1.54) is 0 Å². The molecule has 146 valence electrons. The van der Waals surface area contributed by atoms with Crippen LogP contribution in [0.1, 0.15) is 32.1 Å². The van der Waals surface area contributed by atoms with E-state index in [-0.39, 0.29) is 42.7 Å². The highest BCUT2D eigenvalue weighted by molar-refractivity contribution is 14.0. The van der Waals surface area contributed by atoms with E-state index >= 15 is 0 Å². The number of nitrogens with zero attached hydrogens (tertiary/aromatic N) is 5. The molecule has 1 aliphatic carbocycles. The first-order valence-electron chi connectivity index (χ1n) is 8.98. The number of halogens is 3. The van der Waals surface area contributed by atoms with Gasteiger partial charge in [0.15, 0.2) is 5.96 Å². The molecule has 2 aliphatic rings. The topological polar surface area (TPSA) is 70.6 Å². The van der Waals surface area contributed by atoms with Crippen molar-refractivity contribution in [2.45, 2.75) is 38.0 Å². The van der Waals surface area contributed by atoms with Gasteiger partial charge in [0.05, 0.1) is 0 Å². The van der Waals surface area contributed by atoms with E-state index in [9.17, 15) is 8.78 Å². The molecule has 2 fully saturated rings. The van der Waals surface area contributed by atoms with Crippen LogP contribution in [0.5, 0.6) is 0 Å². The Bertz CT molecular complexity index is 578. The lowest BCUT2D eigenvalue weighted by Gasteiger charge is -2.35. The zero-order valence-corrected chi connectivity index (χ0v) is 17.2. The number of guanidine groups is 1. The molecule has 9 heteroatoms. The number of aliphatic imine (C=N–C) groups is 1. The van der Waals surface area contributed by atoms with Gasteiger partial charge in [-0.05, 0) is 24.8 Å². The van der Waals surface area contributed by atoms with E-state index in [4.69, 9.17) is 5.73 Å². The molecule has 0 radical (unpaired) electrons. The molecule has 1 aromatic rings. The third kappa shape index (κ3) is 5.88. The number of nitrogens with two attached hydrogens (primary N) is 1. The standard InChI is InChI=1S/C17H26F2N6.HI/c18-17(19)5-2-1-4-14(12-17)13-23-15(20)24-8-10-25(11-9-24)16-21-6-3-7-22-16;/h3,6-7,14H,1-2,4-5,8-13H2,(H2,20,23);1H. The second kappa shape index (κ2) is 9.61. The minimum Gasteiger partial charge on any atom is -0.370 e. The van der Waals surface area contributed by atoms with Crippen molar-refractivity contribution in [3.05, 3.63) is 18.5 Å². The largest absolute Gasteiger partial charge is 0.370 e. The minimum atomic E-state index is -2.55. The zero-order valence-electron chi connectivity index (χ0n) is 14.9. The Kier molecular flexibility index (Phi) is 7.78. The Morgan fingerprint density at radius 2 is 1.88 bits per heavy atom. The molecule has 0 spiro atoms. The van der Waals surface area contributed by atoms with Crippen molar-refractivity contribution in [2.24, 2.45) is 16.6 Å². The smallest absolute Gasteiger partial charge is 0.248 e. The second-order valence-corrected chi connectivity index (χ2v) is 6.89. The van der Waals surface area contributed by atoms with Crippen LogP contribution in [0.4, 0.5) is 14.7 Å². The van der Waals surface area contributed by atoms with Crippen LogP contribution in [-0.4, -0.2) is 59.5 Å². The molecule has 1 saturated heterocycles. The van der Waals surface area contributed by atoms with Crippen LogP contribution in [0.3, 0.4) is 0 Å². The molecule has 0 bridgehead atoms. The molecule has 1 aliphatic heterocycles. The van der Waals surface area contributed by atoms with Crippen LogP contribution in [0, 0.1) is 5.92 Å². The maximum absolute atomic E-state index is 13.7. The Hall–Kier alpha value is -1.26. The summed E-state index contributed by atoms with van der Waals surface area (Å²) in [5.41, 5.74) is 6.10. The van der Waals surface area contributed by atoms with Gasteiger partial charge in [-0.15, -0.1) is 24.0 Å². The Morgan fingerprint density at radius 3 is 2.58 bits per heavy atom. The molecular formula is C17H27F2IN6. The van der Waals surface area contributed by atoms with E-state index in [2.05, 4.69) is 19.9 Å². The van der Waals surface area contributed by atoms with Crippen molar-refractivity contribution < 1.29 is 8.78 Å². The Morgan fingerprint density at radius 1 is 1.19 bits per heavy atom. The Balaban J connectivity index is 0.00000243. The fraction of sp³-hybridized carbons (Fsp3) is 0.706. The van der Waals surface area contributed by atoms with Crippen molar-refractivity contribution in [1.82, 2.24) is 14.9 Å². The van der Waals surface area contributed by atoms with Gasteiger partial charge in [0.25, 0.3) is 0 Å². The lowest BCUT2D eigenvalue weighted by molar-refractivity contribution is -0.0241. The van der Waals surface area contributed by atoms with Gasteiger partial charge in [-0.1, -0.05) is 6.42 Å². The summed E-state index contributed by atoms with van der Waals surface area (Å²) in [5.74, 6) is -1.44. The SMILES string of the molecule is I.NC(=NCC1CCCCC(F)(F)C1)N1CCN(c2ncccn2)CC1. The van der Waals surface area contributed by atoms with Gasteiger partial charge in [0, 0.05) is 58.0 Å². The monoisotopic (exact) mass is 480 g/mol. The van der Waals surface area contributed by atoms with Crippen LogP contribution >= 0.6 is 24.0 Å². The van der Waals surface area contributed by atoms with E-state index in [1.807, 2.05) is 4.90 Å². The summed E-state index contributed by atoms with van der Waals surface area (Å²) in [6.45, 7) is 3.38. The molecule has 1 aromatic heterocycles. The maximum atomic E-state index is 13.7. The van der Waals surface area contributed by atoms with Gasteiger partial charge >= 0.3 is 0 Å². The summed E-state index contributed by atoms with van der Waals surface area (Å²) >= 11 is 0. The molecule has 1 unspecified atom stereocenters. The summed E-state index contributed by atoms with van der Waals surface area (Å²) in [7, 11) is 0. The van der Waals surface area contributed by atoms with Crippen LogP contribution < -0.4 is 10.6 Å². The number of rotatable bonds is 3. The first-order valence-corrected chi connectivity index (χ1v) is 8.98. The number of piperazine rings is 1. The number of alkyl halides is 2. The fourth-order valence-corrected chi connectivity index (χ4v) is 3.51. The molecular weight excluding hydrogens is 453 g/mol. The van der Waals surface area contributed by atoms with Crippen molar-refractivity contribution in [2.75, 3.05) is 37.6 Å². The number of aromatic nitrogens is 2. The summed E-state index contributed by atoms with van der Waals surface area (Å²) < 4.78 is 27.4. The number of anilines is 1. The third-order valence-corrected chi connectivity index (χ3v) is 4.94.